The zero-order valence-electron chi connectivity index (χ0n) is 8.84. The molecule has 2 saturated carbocycles. The van der Waals surface area contributed by atoms with Gasteiger partial charge >= 0.3 is 0 Å². The van der Waals surface area contributed by atoms with Crippen LogP contribution >= 0.6 is 0 Å². The normalized spacial score (nSPS) is 27.0. The molecule has 1 nitrogen and oxygen atoms in total. The Morgan fingerprint density at radius 1 is 1.15 bits per heavy atom. The Hall–Kier alpha value is -0.0400. The van der Waals surface area contributed by atoms with Crippen LogP contribution in [-0.4, -0.2) is 23.0 Å². The minimum Gasteiger partial charge on any atom is -0.295 e. The average Bonchev–Trinajstić information content (AvgIpc) is 1.95. The summed E-state index contributed by atoms with van der Waals surface area (Å²) < 4.78 is 0. The van der Waals surface area contributed by atoms with Gasteiger partial charge in [-0.2, -0.15) is 0 Å². The molecule has 2 aliphatic rings. The van der Waals surface area contributed by atoms with E-state index in [-0.39, 0.29) is 0 Å². The monoisotopic (exact) mass is 180 g/mol. The smallest absolute Gasteiger partial charge is 0.0101 e. The summed E-state index contributed by atoms with van der Waals surface area (Å²) in [5.74, 6) is 0. The molecule has 13 heavy (non-hydrogen) atoms. The van der Waals surface area contributed by atoms with Crippen molar-refractivity contribution < 1.29 is 0 Å². The molecule has 1 atom stereocenters. The summed E-state index contributed by atoms with van der Waals surface area (Å²) in [6.45, 7) is 6.55. The van der Waals surface area contributed by atoms with Crippen LogP contribution in [0, 0.1) is 6.92 Å². The van der Waals surface area contributed by atoms with Crippen LogP contribution in [-0.2, 0) is 0 Å². The van der Waals surface area contributed by atoms with Crippen molar-refractivity contribution in [3.63, 3.8) is 0 Å². The van der Waals surface area contributed by atoms with Gasteiger partial charge in [0.25, 0.3) is 0 Å². The summed E-state index contributed by atoms with van der Waals surface area (Å²) in [6, 6.07) is 2.37. The lowest BCUT2D eigenvalue weighted by Crippen LogP contribution is -2.53. The van der Waals surface area contributed by atoms with E-state index in [9.17, 15) is 0 Å². The second kappa shape index (κ2) is 4.00. The molecule has 2 aliphatic carbocycles. The summed E-state index contributed by atoms with van der Waals surface area (Å²) in [7, 11) is 0. The van der Waals surface area contributed by atoms with E-state index >= 15 is 0 Å². The standard InChI is InChI=1S/C12H22N/c1-3-10(2)13(11-6-4-7-11)12-8-5-9-12/h10-12H,2-9H2,1H3. The van der Waals surface area contributed by atoms with Crippen LogP contribution in [0.25, 0.3) is 0 Å². The molecule has 0 aliphatic heterocycles. The van der Waals surface area contributed by atoms with Gasteiger partial charge in [0.05, 0.1) is 0 Å². The minimum atomic E-state index is 0.579. The molecule has 75 valence electrons. The first-order valence-corrected chi connectivity index (χ1v) is 5.93. The van der Waals surface area contributed by atoms with E-state index < -0.39 is 0 Å². The molecule has 0 amide bonds. The highest BCUT2D eigenvalue weighted by Crippen LogP contribution is 2.35. The fourth-order valence-electron chi connectivity index (χ4n) is 2.47. The van der Waals surface area contributed by atoms with Crippen molar-refractivity contribution in [1.29, 1.82) is 0 Å². The molecule has 1 heteroatoms. The zero-order chi connectivity index (χ0) is 9.26. The van der Waals surface area contributed by atoms with E-state index in [0.717, 1.165) is 12.1 Å². The molecule has 2 fully saturated rings. The van der Waals surface area contributed by atoms with Crippen molar-refractivity contribution in [2.75, 3.05) is 0 Å². The summed E-state index contributed by atoms with van der Waals surface area (Å²) in [5, 5.41) is 0. The van der Waals surface area contributed by atoms with Crippen LogP contribution in [0.5, 0.6) is 0 Å². The molecule has 0 aromatic heterocycles. The van der Waals surface area contributed by atoms with E-state index in [1.54, 1.807) is 0 Å². The van der Waals surface area contributed by atoms with Crippen molar-refractivity contribution >= 4 is 0 Å². The number of nitrogens with zero attached hydrogens (tertiary/aromatic N) is 1. The first kappa shape index (κ1) is 9.51. The maximum atomic E-state index is 4.29. The van der Waals surface area contributed by atoms with Crippen LogP contribution < -0.4 is 0 Å². The van der Waals surface area contributed by atoms with Gasteiger partial charge < -0.3 is 0 Å². The van der Waals surface area contributed by atoms with Gasteiger partial charge in [-0.05, 0) is 39.0 Å². The number of hydrogen-bond acceptors (Lipinski definition) is 1. The van der Waals surface area contributed by atoms with Gasteiger partial charge in [-0.15, -0.1) is 0 Å². The third kappa shape index (κ3) is 1.76. The predicted octanol–water partition coefficient (Wildman–Crippen LogP) is 3.01. The van der Waals surface area contributed by atoms with Gasteiger partial charge in [0.1, 0.15) is 0 Å². The Morgan fingerprint density at radius 3 is 1.85 bits per heavy atom. The van der Waals surface area contributed by atoms with Crippen LogP contribution in [0.2, 0.25) is 0 Å². The molecule has 1 unspecified atom stereocenters. The largest absolute Gasteiger partial charge is 0.295 e. The van der Waals surface area contributed by atoms with Gasteiger partial charge in [0.2, 0.25) is 0 Å². The molecule has 0 spiro atoms. The highest BCUT2D eigenvalue weighted by molar-refractivity contribution is 4.93. The summed E-state index contributed by atoms with van der Waals surface area (Å²) in [5.41, 5.74) is 0. The van der Waals surface area contributed by atoms with Gasteiger partial charge in [0, 0.05) is 18.1 Å². The van der Waals surface area contributed by atoms with Crippen molar-refractivity contribution in [1.82, 2.24) is 4.90 Å². The summed E-state index contributed by atoms with van der Waals surface area (Å²) >= 11 is 0. The maximum Gasteiger partial charge on any atom is 0.0101 e. The van der Waals surface area contributed by atoms with Crippen LogP contribution in [0.4, 0.5) is 0 Å². The summed E-state index contributed by atoms with van der Waals surface area (Å²) in [4.78, 5) is 2.73. The quantitative estimate of drug-likeness (QED) is 0.643. The van der Waals surface area contributed by atoms with Crippen LogP contribution in [0.3, 0.4) is 0 Å². The van der Waals surface area contributed by atoms with E-state index in [1.165, 1.54) is 44.9 Å². The molecule has 0 heterocycles. The zero-order valence-corrected chi connectivity index (χ0v) is 8.84. The lowest BCUT2D eigenvalue weighted by Gasteiger charge is -2.49. The molecule has 1 radical (unpaired) electrons. The first-order valence-electron chi connectivity index (χ1n) is 5.93. The van der Waals surface area contributed by atoms with E-state index in [4.69, 9.17) is 0 Å². The average molecular weight is 180 g/mol. The molecule has 0 aromatic carbocycles. The van der Waals surface area contributed by atoms with Gasteiger partial charge in [-0.25, -0.2) is 0 Å². The fourth-order valence-corrected chi connectivity index (χ4v) is 2.47. The minimum absolute atomic E-state index is 0.579. The third-order valence-corrected chi connectivity index (χ3v) is 3.89. The van der Waals surface area contributed by atoms with E-state index in [1.807, 2.05) is 0 Å². The van der Waals surface area contributed by atoms with Crippen LogP contribution in [0.1, 0.15) is 51.9 Å². The van der Waals surface area contributed by atoms with Gasteiger partial charge in [-0.1, -0.05) is 19.8 Å². The SMILES string of the molecule is [CH2]C(CC)N(C1CCC1)C1CCC1. The highest BCUT2D eigenvalue weighted by atomic mass is 15.2. The Kier molecular flexibility index (Phi) is 2.92. The Bertz CT molecular complexity index is 138. The van der Waals surface area contributed by atoms with Crippen molar-refractivity contribution in [2.24, 2.45) is 0 Å². The van der Waals surface area contributed by atoms with Crippen molar-refractivity contribution in [2.45, 2.75) is 70.0 Å². The molecule has 0 N–H and O–H groups in total. The Labute approximate surface area is 82.5 Å². The lowest BCUT2D eigenvalue weighted by atomic mass is 9.83. The number of rotatable bonds is 4. The number of hydrogen-bond donors (Lipinski definition) is 0. The third-order valence-electron chi connectivity index (χ3n) is 3.89. The predicted molar refractivity (Wildman–Crippen MR) is 56.6 cm³/mol. The molecular formula is C12H22N. The molecule has 2 rings (SSSR count). The van der Waals surface area contributed by atoms with Crippen LogP contribution in [0.15, 0.2) is 0 Å². The molecule has 0 bridgehead atoms. The highest BCUT2D eigenvalue weighted by Gasteiger charge is 2.35. The Morgan fingerprint density at radius 2 is 1.62 bits per heavy atom. The van der Waals surface area contributed by atoms with Crippen molar-refractivity contribution in [3.05, 3.63) is 6.92 Å². The topological polar surface area (TPSA) is 3.24 Å². The van der Waals surface area contributed by atoms with Crippen molar-refractivity contribution in [3.8, 4) is 0 Å². The van der Waals surface area contributed by atoms with E-state index in [2.05, 4.69) is 18.7 Å². The Balaban J connectivity index is 1.92. The van der Waals surface area contributed by atoms with Gasteiger partial charge in [0.15, 0.2) is 0 Å². The summed E-state index contributed by atoms with van der Waals surface area (Å²) in [6.07, 6.45) is 9.84. The molecule has 0 aromatic rings. The second-order valence-corrected chi connectivity index (χ2v) is 4.68. The molecular weight excluding hydrogens is 158 g/mol. The van der Waals surface area contributed by atoms with E-state index in [0.29, 0.717) is 6.04 Å². The fraction of sp³-hybridized carbons (Fsp3) is 0.917. The maximum absolute atomic E-state index is 4.29. The second-order valence-electron chi connectivity index (χ2n) is 4.68. The van der Waals surface area contributed by atoms with Gasteiger partial charge in [-0.3, -0.25) is 4.90 Å². The lowest BCUT2D eigenvalue weighted by molar-refractivity contribution is 0.0153. The first-order chi connectivity index (χ1) is 6.33. The molecule has 0 saturated heterocycles.